The average molecular weight is 302 g/mol. The van der Waals surface area contributed by atoms with Crippen LogP contribution in [0.2, 0.25) is 0 Å². The summed E-state index contributed by atoms with van der Waals surface area (Å²) >= 11 is 0. The molecule has 0 unspecified atom stereocenters. The number of fused-ring (bicyclic) bond motifs is 1. The molecule has 22 heavy (non-hydrogen) atoms. The summed E-state index contributed by atoms with van der Waals surface area (Å²) in [6, 6.07) is 7.95. The number of hydrogen-bond donors (Lipinski definition) is 2. The first-order valence-corrected chi connectivity index (χ1v) is 7.63. The van der Waals surface area contributed by atoms with Crippen LogP contribution in [0, 0.1) is 0 Å². The van der Waals surface area contributed by atoms with Crippen molar-refractivity contribution in [1.29, 1.82) is 0 Å². The van der Waals surface area contributed by atoms with E-state index >= 15 is 0 Å². The highest BCUT2D eigenvalue weighted by Gasteiger charge is 2.17. The van der Waals surface area contributed by atoms with E-state index in [0.29, 0.717) is 5.56 Å². The highest BCUT2D eigenvalue weighted by Crippen LogP contribution is 2.21. The van der Waals surface area contributed by atoms with Crippen molar-refractivity contribution >= 4 is 17.2 Å². The van der Waals surface area contributed by atoms with Crippen LogP contribution in [-0.2, 0) is 0 Å². The van der Waals surface area contributed by atoms with Gasteiger partial charge >= 0.3 is 0 Å². The maximum Gasteiger partial charge on any atom is 0.252 e. The summed E-state index contributed by atoms with van der Waals surface area (Å²) in [6.07, 6.45) is 1.87. The Kier molecular flexibility index (Phi) is 4.31. The van der Waals surface area contributed by atoms with Gasteiger partial charge in [0.2, 0.25) is 0 Å². The summed E-state index contributed by atoms with van der Waals surface area (Å²) in [5.74, 6) is 0.967. The largest absolute Gasteiger partial charge is 0.395 e. The Morgan fingerprint density at radius 3 is 2.64 bits per heavy atom. The minimum Gasteiger partial charge on any atom is -0.395 e. The smallest absolute Gasteiger partial charge is 0.252 e. The van der Waals surface area contributed by atoms with Gasteiger partial charge in [-0.1, -0.05) is 0 Å². The number of carbonyl (C=O) groups is 1. The number of carbonyl (C=O) groups excluding carboxylic acids is 1. The van der Waals surface area contributed by atoms with E-state index in [9.17, 15) is 4.79 Å². The summed E-state index contributed by atoms with van der Waals surface area (Å²) in [5.41, 5.74) is 1.68. The molecule has 3 rings (SSSR count). The van der Waals surface area contributed by atoms with Crippen molar-refractivity contribution in [2.75, 3.05) is 51.3 Å². The lowest BCUT2D eigenvalue weighted by Gasteiger charge is -2.33. The van der Waals surface area contributed by atoms with Crippen LogP contribution < -0.4 is 10.2 Å². The number of rotatable bonds is 4. The number of amides is 1. The summed E-state index contributed by atoms with van der Waals surface area (Å²) < 4.78 is 2.07. The van der Waals surface area contributed by atoms with Crippen molar-refractivity contribution in [2.24, 2.45) is 0 Å². The van der Waals surface area contributed by atoms with E-state index in [0.717, 1.165) is 37.5 Å². The molecule has 2 aromatic heterocycles. The Balaban J connectivity index is 1.87. The molecule has 0 saturated carbocycles. The zero-order chi connectivity index (χ0) is 15.5. The molecule has 1 aliphatic rings. The van der Waals surface area contributed by atoms with Gasteiger partial charge in [0.25, 0.3) is 5.91 Å². The number of anilines is 1. The molecule has 2 aromatic rings. The number of aromatic nitrogens is 1. The van der Waals surface area contributed by atoms with E-state index in [-0.39, 0.29) is 19.1 Å². The van der Waals surface area contributed by atoms with Gasteiger partial charge in [-0.3, -0.25) is 4.79 Å². The SMILES string of the molecule is CN1CCN(c2ccc3ccc(C(=O)NCCO)cn23)CC1. The molecule has 1 amide bonds. The van der Waals surface area contributed by atoms with Gasteiger partial charge in [-0.25, -0.2) is 0 Å². The van der Waals surface area contributed by atoms with E-state index in [1.807, 2.05) is 18.3 Å². The van der Waals surface area contributed by atoms with Gasteiger partial charge in [0, 0.05) is 44.4 Å². The fourth-order valence-corrected chi connectivity index (χ4v) is 2.79. The first kappa shape index (κ1) is 14.9. The van der Waals surface area contributed by atoms with Crippen LogP contribution in [0.15, 0.2) is 30.5 Å². The van der Waals surface area contributed by atoms with Crippen LogP contribution in [0.3, 0.4) is 0 Å². The molecule has 6 nitrogen and oxygen atoms in total. The molecule has 1 fully saturated rings. The van der Waals surface area contributed by atoms with Crippen molar-refractivity contribution in [2.45, 2.75) is 0 Å². The van der Waals surface area contributed by atoms with E-state index < -0.39 is 0 Å². The first-order valence-electron chi connectivity index (χ1n) is 7.63. The zero-order valence-electron chi connectivity index (χ0n) is 12.8. The summed E-state index contributed by atoms with van der Waals surface area (Å²) in [7, 11) is 2.14. The number of pyridine rings is 1. The van der Waals surface area contributed by atoms with Crippen LogP contribution >= 0.6 is 0 Å². The molecule has 0 spiro atoms. The zero-order valence-corrected chi connectivity index (χ0v) is 12.8. The summed E-state index contributed by atoms with van der Waals surface area (Å²) in [5, 5.41) is 11.5. The second kappa shape index (κ2) is 6.37. The third-order valence-electron chi connectivity index (χ3n) is 4.12. The molecule has 0 aliphatic carbocycles. The van der Waals surface area contributed by atoms with Crippen LogP contribution in [0.25, 0.3) is 5.52 Å². The number of hydrogen-bond acceptors (Lipinski definition) is 4. The molecule has 0 radical (unpaired) electrons. The maximum atomic E-state index is 12.0. The second-order valence-corrected chi connectivity index (χ2v) is 5.67. The second-order valence-electron chi connectivity index (χ2n) is 5.67. The first-order chi connectivity index (χ1) is 10.7. The molecule has 118 valence electrons. The van der Waals surface area contributed by atoms with Crippen LogP contribution in [-0.4, -0.2) is 66.7 Å². The molecular weight excluding hydrogens is 280 g/mol. The number of likely N-dealkylation sites (N-methyl/N-ethyl adjacent to an activating group) is 1. The van der Waals surface area contributed by atoms with Crippen LogP contribution in [0.1, 0.15) is 10.4 Å². The molecule has 1 aliphatic heterocycles. The number of aliphatic hydroxyl groups excluding tert-OH is 1. The minimum atomic E-state index is -0.158. The van der Waals surface area contributed by atoms with Crippen molar-refractivity contribution < 1.29 is 9.90 Å². The van der Waals surface area contributed by atoms with Gasteiger partial charge < -0.3 is 24.6 Å². The molecular formula is C16H22N4O2. The van der Waals surface area contributed by atoms with E-state index in [2.05, 4.69) is 38.7 Å². The Morgan fingerprint density at radius 2 is 1.91 bits per heavy atom. The molecule has 0 atom stereocenters. The standard InChI is InChI=1S/C16H22N4O2/c1-18-7-9-19(10-8-18)15-5-4-14-3-2-13(12-20(14)15)16(22)17-6-11-21/h2-5,12,21H,6-11H2,1H3,(H,17,22). The quantitative estimate of drug-likeness (QED) is 0.859. The number of aliphatic hydroxyl groups is 1. The number of piperazine rings is 1. The van der Waals surface area contributed by atoms with Gasteiger partial charge in [-0.05, 0) is 31.3 Å². The lowest BCUT2D eigenvalue weighted by Crippen LogP contribution is -2.44. The Labute approximate surface area is 129 Å². The third kappa shape index (κ3) is 2.93. The highest BCUT2D eigenvalue weighted by atomic mass is 16.3. The minimum absolute atomic E-state index is 0.0515. The Hall–Kier alpha value is -2.05. The van der Waals surface area contributed by atoms with Gasteiger partial charge in [0.15, 0.2) is 0 Å². The Morgan fingerprint density at radius 1 is 1.18 bits per heavy atom. The molecule has 0 aromatic carbocycles. The third-order valence-corrected chi connectivity index (χ3v) is 4.12. The van der Waals surface area contributed by atoms with Crippen LogP contribution in [0.4, 0.5) is 5.82 Å². The van der Waals surface area contributed by atoms with Crippen LogP contribution in [0.5, 0.6) is 0 Å². The van der Waals surface area contributed by atoms with E-state index in [1.165, 1.54) is 0 Å². The molecule has 6 heteroatoms. The normalized spacial score (nSPS) is 16.2. The number of nitrogens with one attached hydrogen (secondary N) is 1. The van der Waals surface area contributed by atoms with Gasteiger partial charge in [0.05, 0.1) is 12.2 Å². The molecule has 0 bridgehead atoms. The molecule has 2 N–H and O–H groups in total. The fourth-order valence-electron chi connectivity index (χ4n) is 2.79. The van der Waals surface area contributed by atoms with E-state index in [1.54, 1.807) is 0 Å². The van der Waals surface area contributed by atoms with Gasteiger partial charge in [-0.2, -0.15) is 0 Å². The van der Waals surface area contributed by atoms with E-state index in [4.69, 9.17) is 5.11 Å². The summed E-state index contributed by atoms with van der Waals surface area (Å²) in [6.45, 7) is 4.29. The fraction of sp³-hybridized carbons (Fsp3) is 0.438. The predicted octanol–water partition coefficient (Wildman–Crippen LogP) is 0.413. The topological polar surface area (TPSA) is 60.2 Å². The maximum absolute atomic E-state index is 12.0. The van der Waals surface area contributed by atoms with Crippen molar-refractivity contribution in [3.05, 3.63) is 36.0 Å². The van der Waals surface area contributed by atoms with Crippen molar-refractivity contribution in [3.8, 4) is 0 Å². The van der Waals surface area contributed by atoms with Gasteiger partial charge in [-0.15, -0.1) is 0 Å². The molecule has 1 saturated heterocycles. The lowest BCUT2D eigenvalue weighted by atomic mass is 10.2. The highest BCUT2D eigenvalue weighted by molar-refractivity contribution is 5.94. The summed E-state index contributed by atoms with van der Waals surface area (Å²) in [4.78, 5) is 16.7. The van der Waals surface area contributed by atoms with Crippen molar-refractivity contribution in [3.63, 3.8) is 0 Å². The predicted molar refractivity (Wildman–Crippen MR) is 86.5 cm³/mol. The van der Waals surface area contributed by atoms with Gasteiger partial charge in [0.1, 0.15) is 5.82 Å². The number of nitrogens with zero attached hydrogens (tertiary/aromatic N) is 3. The lowest BCUT2D eigenvalue weighted by molar-refractivity contribution is 0.0944. The average Bonchev–Trinajstić information content (AvgIpc) is 2.96. The van der Waals surface area contributed by atoms with Crippen molar-refractivity contribution in [1.82, 2.24) is 14.6 Å². The Bertz CT molecular complexity index is 659. The molecule has 3 heterocycles. The monoisotopic (exact) mass is 302 g/mol.